The second kappa shape index (κ2) is 12.6. The van der Waals surface area contributed by atoms with Gasteiger partial charge in [0, 0.05) is 68.1 Å². The molecule has 1 aliphatic carbocycles. The highest BCUT2D eigenvalue weighted by Gasteiger charge is 2.43. The van der Waals surface area contributed by atoms with Crippen LogP contribution in [0.15, 0.2) is 101 Å². The van der Waals surface area contributed by atoms with Gasteiger partial charge in [-0.2, -0.15) is 0 Å². The molecule has 8 nitrogen and oxygen atoms in total. The lowest BCUT2D eigenvalue weighted by Crippen LogP contribution is -2.49. The van der Waals surface area contributed by atoms with Crippen molar-refractivity contribution in [3.63, 3.8) is 0 Å². The zero-order valence-corrected chi connectivity index (χ0v) is 24.3. The Morgan fingerprint density at radius 1 is 0.805 bits per heavy atom. The van der Waals surface area contributed by atoms with Crippen LogP contribution in [0.2, 0.25) is 0 Å². The smallest absolute Gasteiger partial charge is 0.269 e. The van der Waals surface area contributed by atoms with E-state index in [1.807, 2.05) is 12.1 Å². The average molecular weight is 572 g/mol. The molecule has 3 aromatic carbocycles. The number of morpholine rings is 1. The van der Waals surface area contributed by atoms with Crippen LogP contribution in [0.5, 0.6) is 0 Å². The fourth-order valence-corrected chi connectivity index (χ4v) is 11.0. The van der Waals surface area contributed by atoms with Crippen molar-refractivity contribution in [1.29, 1.82) is 0 Å². The number of nitro groups is 1. The van der Waals surface area contributed by atoms with Crippen LogP contribution < -0.4 is 10.2 Å². The molecule has 9 heteroatoms. The molecular formula is C32H38N5O3P. The number of ether oxygens (including phenoxy) is 1. The second-order valence-electron chi connectivity index (χ2n) is 10.8. The SMILES string of the molecule is O=[N+]([O-])c1ccc(N=[P@@](c2ccccc2)([C@@H]2CCCC=C2N2CCOCC2)N2CCN(c3ccccc3)CC2)cc1. The molecule has 2 atom stereocenters. The molecule has 2 saturated heterocycles. The van der Waals surface area contributed by atoms with E-state index in [0.29, 0.717) is 0 Å². The standard InChI is InChI=1S/C32H38N5O3P/c38-37(39)29-17-15-27(16-18-29)33-41(30-11-5-2-6-12-30,32-14-8-7-13-31(32)35-23-25-40-26-24-35)36-21-19-34(20-22-36)28-9-3-1-4-10-28/h1-6,9-13,15-18,32H,7-8,14,19-26H2/t32-,41-/m1/s1. The number of allylic oxidation sites excluding steroid dienone is 2. The van der Waals surface area contributed by atoms with Crippen molar-refractivity contribution < 1.29 is 9.66 Å². The fraction of sp³-hybridized carbons (Fsp3) is 0.375. The Hall–Kier alpha value is -3.45. The van der Waals surface area contributed by atoms with Crippen LogP contribution in [0.1, 0.15) is 19.3 Å². The second-order valence-corrected chi connectivity index (χ2v) is 14.0. The number of anilines is 1. The predicted molar refractivity (Wildman–Crippen MR) is 167 cm³/mol. The van der Waals surface area contributed by atoms with Crippen LogP contribution in [0, 0.1) is 10.1 Å². The van der Waals surface area contributed by atoms with Crippen molar-refractivity contribution in [3.8, 4) is 0 Å². The number of para-hydroxylation sites is 1. The Labute approximate surface area is 242 Å². The maximum Gasteiger partial charge on any atom is 0.269 e. The number of benzene rings is 3. The molecule has 0 radical (unpaired) electrons. The summed E-state index contributed by atoms with van der Waals surface area (Å²) in [4.78, 5) is 16.1. The van der Waals surface area contributed by atoms with E-state index in [-0.39, 0.29) is 16.3 Å². The van der Waals surface area contributed by atoms with Crippen LogP contribution in [0.3, 0.4) is 0 Å². The summed E-state index contributed by atoms with van der Waals surface area (Å²) in [5.41, 5.74) is 3.82. The van der Waals surface area contributed by atoms with Gasteiger partial charge in [-0.05, 0) is 43.5 Å². The minimum absolute atomic E-state index is 0.0932. The van der Waals surface area contributed by atoms with Crippen molar-refractivity contribution >= 4 is 29.6 Å². The van der Waals surface area contributed by atoms with Crippen molar-refractivity contribution in [1.82, 2.24) is 9.57 Å². The lowest BCUT2D eigenvalue weighted by Gasteiger charge is -2.49. The minimum Gasteiger partial charge on any atom is -0.378 e. The molecule has 3 aliphatic rings. The molecular weight excluding hydrogens is 533 g/mol. The molecule has 0 spiro atoms. The van der Waals surface area contributed by atoms with Gasteiger partial charge in [-0.15, -0.1) is 0 Å². The summed E-state index contributed by atoms with van der Waals surface area (Å²) in [5, 5.41) is 12.7. The van der Waals surface area contributed by atoms with Gasteiger partial charge in [0.1, 0.15) is 0 Å². The topological polar surface area (TPSA) is 74.4 Å². The lowest BCUT2D eigenvalue weighted by atomic mass is 10.0. The van der Waals surface area contributed by atoms with Gasteiger partial charge in [-0.1, -0.05) is 54.6 Å². The summed E-state index contributed by atoms with van der Waals surface area (Å²) in [7, 11) is -2.39. The molecule has 2 fully saturated rings. The monoisotopic (exact) mass is 571 g/mol. The maximum atomic E-state index is 11.4. The maximum absolute atomic E-state index is 11.4. The molecule has 3 aromatic rings. The van der Waals surface area contributed by atoms with Gasteiger partial charge in [0.2, 0.25) is 0 Å². The largest absolute Gasteiger partial charge is 0.378 e. The molecule has 2 aliphatic heterocycles. The Balaban J connectivity index is 1.49. The number of hydrogen-bond acceptors (Lipinski definition) is 6. The Morgan fingerprint density at radius 2 is 1.46 bits per heavy atom. The van der Waals surface area contributed by atoms with Crippen LogP contribution >= 0.6 is 7.21 Å². The highest BCUT2D eigenvalue weighted by Crippen LogP contribution is 2.63. The van der Waals surface area contributed by atoms with Crippen molar-refractivity contribution in [3.05, 3.63) is 107 Å². The zero-order chi connectivity index (χ0) is 28.1. The molecule has 0 saturated carbocycles. The molecule has 0 N–H and O–H groups in total. The van der Waals surface area contributed by atoms with Crippen LogP contribution in [-0.4, -0.2) is 72.6 Å². The van der Waals surface area contributed by atoms with Crippen molar-refractivity contribution in [2.45, 2.75) is 24.9 Å². The van der Waals surface area contributed by atoms with Crippen LogP contribution in [0.25, 0.3) is 0 Å². The number of piperazine rings is 1. The van der Waals surface area contributed by atoms with Crippen molar-refractivity contribution in [2.24, 2.45) is 4.74 Å². The van der Waals surface area contributed by atoms with Gasteiger partial charge in [0.15, 0.2) is 0 Å². The molecule has 214 valence electrons. The van der Waals surface area contributed by atoms with E-state index in [1.54, 1.807) is 12.1 Å². The van der Waals surface area contributed by atoms with E-state index in [1.165, 1.54) is 16.7 Å². The number of non-ortho nitro benzene ring substituents is 1. The van der Waals surface area contributed by atoms with E-state index in [0.717, 1.165) is 77.4 Å². The summed E-state index contributed by atoms with van der Waals surface area (Å²) in [6.45, 7) is 6.95. The number of nitrogens with zero attached hydrogens (tertiary/aromatic N) is 5. The molecule has 0 unspecified atom stereocenters. The average Bonchev–Trinajstić information content (AvgIpc) is 3.05. The number of rotatable bonds is 7. The summed E-state index contributed by atoms with van der Waals surface area (Å²) >= 11 is 0. The fourth-order valence-electron chi connectivity index (χ4n) is 6.46. The number of hydrogen-bond donors (Lipinski definition) is 0. The Bertz CT molecular complexity index is 1400. The first-order chi connectivity index (χ1) is 20.1. The van der Waals surface area contributed by atoms with E-state index < -0.39 is 7.21 Å². The van der Waals surface area contributed by atoms with Gasteiger partial charge >= 0.3 is 0 Å². The number of nitro benzene ring substituents is 1. The summed E-state index contributed by atoms with van der Waals surface area (Å²) in [6.07, 6.45) is 5.74. The summed E-state index contributed by atoms with van der Waals surface area (Å²) in [5.74, 6) is 0. The van der Waals surface area contributed by atoms with E-state index in [9.17, 15) is 10.1 Å². The minimum atomic E-state index is -2.39. The predicted octanol–water partition coefficient (Wildman–Crippen LogP) is 6.26. The van der Waals surface area contributed by atoms with E-state index in [4.69, 9.17) is 9.48 Å². The highest BCUT2D eigenvalue weighted by molar-refractivity contribution is 7.72. The highest BCUT2D eigenvalue weighted by atomic mass is 31.2. The molecule has 0 aromatic heterocycles. The molecule has 0 bridgehead atoms. The third-order valence-electron chi connectivity index (χ3n) is 8.46. The van der Waals surface area contributed by atoms with Gasteiger partial charge in [-0.25, -0.2) is 4.74 Å². The summed E-state index contributed by atoms with van der Waals surface area (Å²) < 4.78 is 14.2. The Kier molecular flexibility index (Phi) is 8.51. The molecule has 2 heterocycles. The zero-order valence-electron chi connectivity index (χ0n) is 23.4. The first-order valence-corrected chi connectivity index (χ1v) is 16.4. The first kappa shape index (κ1) is 27.7. The lowest BCUT2D eigenvalue weighted by molar-refractivity contribution is -0.384. The summed E-state index contributed by atoms with van der Waals surface area (Å²) in [6, 6.07) is 28.4. The van der Waals surface area contributed by atoms with Crippen LogP contribution in [0.4, 0.5) is 17.1 Å². The van der Waals surface area contributed by atoms with E-state index in [2.05, 4.69) is 81.2 Å². The van der Waals surface area contributed by atoms with E-state index >= 15 is 0 Å². The van der Waals surface area contributed by atoms with Crippen LogP contribution in [-0.2, 0) is 4.74 Å². The van der Waals surface area contributed by atoms with Crippen molar-refractivity contribution in [2.75, 3.05) is 57.4 Å². The van der Waals surface area contributed by atoms with Gasteiger partial charge in [0.25, 0.3) is 5.69 Å². The Morgan fingerprint density at radius 3 is 2.12 bits per heavy atom. The van der Waals surface area contributed by atoms with Gasteiger partial charge < -0.3 is 14.5 Å². The molecule has 41 heavy (non-hydrogen) atoms. The molecule has 6 rings (SSSR count). The normalized spacial score (nSPS) is 21.6. The third kappa shape index (κ3) is 5.82. The quantitative estimate of drug-likeness (QED) is 0.189. The first-order valence-electron chi connectivity index (χ1n) is 14.7. The van der Waals surface area contributed by atoms with Gasteiger partial charge in [-0.3, -0.25) is 14.8 Å². The van der Waals surface area contributed by atoms with Gasteiger partial charge in [0.05, 0.1) is 36.7 Å². The third-order valence-corrected chi connectivity index (χ3v) is 12.7. The molecule has 0 amide bonds.